The highest BCUT2D eigenvalue weighted by Gasteiger charge is 2.23. The van der Waals surface area contributed by atoms with Crippen LogP contribution in [-0.2, 0) is 6.42 Å². The van der Waals surface area contributed by atoms with Crippen molar-refractivity contribution in [3.63, 3.8) is 0 Å². The topological polar surface area (TPSA) is 21.3 Å². The third kappa shape index (κ3) is 3.47. The molecule has 1 aliphatic heterocycles. The van der Waals surface area contributed by atoms with E-state index in [1.165, 1.54) is 16.7 Å². The number of hydrogen-bond donors (Lipinski definition) is 1. The van der Waals surface area contributed by atoms with Crippen molar-refractivity contribution in [3.05, 3.63) is 63.6 Å². The first-order valence-corrected chi connectivity index (χ1v) is 8.16. The van der Waals surface area contributed by atoms with Gasteiger partial charge in [0.15, 0.2) is 0 Å². The number of benzene rings is 2. The van der Waals surface area contributed by atoms with Crippen LogP contribution in [0.25, 0.3) is 0 Å². The molecule has 0 amide bonds. The number of nitrogens with one attached hydrogen (secondary N) is 1. The summed E-state index contributed by atoms with van der Waals surface area (Å²) in [4.78, 5) is 0. The van der Waals surface area contributed by atoms with E-state index in [2.05, 4.69) is 77.6 Å². The molecule has 21 heavy (non-hydrogen) atoms. The molecular weight excluding hydrogens is 326 g/mol. The van der Waals surface area contributed by atoms with Crippen LogP contribution in [0.4, 0.5) is 0 Å². The summed E-state index contributed by atoms with van der Waals surface area (Å²) in [6, 6.07) is 15.2. The molecule has 3 rings (SSSR count). The van der Waals surface area contributed by atoms with Gasteiger partial charge in [0.2, 0.25) is 0 Å². The molecule has 0 saturated carbocycles. The molecule has 0 spiro atoms. The van der Waals surface area contributed by atoms with E-state index < -0.39 is 0 Å². The zero-order valence-electron chi connectivity index (χ0n) is 12.4. The van der Waals surface area contributed by atoms with Crippen molar-refractivity contribution in [1.29, 1.82) is 0 Å². The molecule has 1 heterocycles. The van der Waals surface area contributed by atoms with Gasteiger partial charge in [-0.3, -0.25) is 0 Å². The van der Waals surface area contributed by atoms with E-state index >= 15 is 0 Å². The fraction of sp³-hybridized carbons (Fsp3) is 0.333. The Balaban J connectivity index is 1.57. The molecule has 1 N–H and O–H groups in total. The van der Waals surface area contributed by atoms with Crippen LogP contribution < -0.4 is 10.1 Å². The number of aryl methyl sites for hydroxylation is 1. The number of ether oxygens (including phenoxy) is 1. The average molecular weight is 346 g/mol. The first-order valence-electron chi connectivity index (χ1n) is 7.37. The maximum absolute atomic E-state index is 6.00. The van der Waals surface area contributed by atoms with Gasteiger partial charge in [0.25, 0.3) is 0 Å². The molecule has 1 aliphatic rings. The second-order valence-corrected chi connectivity index (χ2v) is 6.66. The summed E-state index contributed by atoms with van der Waals surface area (Å²) in [7, 11) is 0. The maximum atomic E-state index is 6.00. The smallest absolute Gasteiger partial charge is 0.123 e. The summed E-state index contributed by atoms with van der Waals surface area (Å²) in [5.41, 5.74) is 3.92. The minimum Gasteiger partial charge on any atom is -0.488 e. The van der Waals surface area contributed by atoms with Crippen LogP contribution in [0.5, 0.6) is 5.75 Å². The molecular formula is C18H20BrNO. The minimum absolute atomic E-state index is 0.233. The lowest BCUT2D eigenvalue weighted by molar-refractivity contribution is 0.222. The molecule has 0 saturated heterocycles. The summed E-state index contributed by atoms with van der Waals surface area (Å²) in [6.07, 6.45) is 1.23. The SMILES string of the molecule is Cc1ccc2c(c1)CC(CN[C@@H](C)c1cccc(Br)c1)O2. The van der Waals surface area contributed by atoms with Gasteiger partial charge in [-0.1, -0.05) is 45.8 Å². The Kier molecular flexibility index (Phi) is 4.32. The Bertz CT molecular complexity index is 641. The van der Waals surface area contributed by atoms with Gasteiger partial charge in [0, 0.05) is 23.5 Å². The molecule has 2 aromatic carbocycles. The predicted molar refractivity (Wildman–Crippen MR) is 89.9 cm³/mol. The number of fused-ring (bicyclic) bond motifs is 1. The van der Waals surface area contributed by atoms with Crippen molar-refractivity contribution >= 4 is 15.9 Å². The highest BCUT2D eigenvalue weighted by atomic mass is 79.9. The molecule has 0 aromatic heterocycles. The Hall–Kier alpha value is -1.32. The van der Waals surface area contributed by atoms with Crippen molar-refractivity contribution in [1.82, 2.24) is 5.32 Å². The fourth-order valence-electron chi connectivity index (χ4n) is 2.77. The normalized spacial score (nSPS) is 18.1. The van der Waals surface area contributed by atoms with E-state index in [0.29, 0.717) is 6.04 Å². The average Bonchev–Trinajstić information content (AvgIpc) is 2.86. The molecule has 0 bridgehead atoms. The Morgan fingerprint density at radius 3 is 2.95 bits per heavy atom. The quantitative estimate of drug-likeness (QED) is 0.885. The third-order valence-electron chi connectivity index (χ3n) is 3.96. The first kappa shape index (κ1) is 14.6. The van der Waals surface area contributed by atoms with E-state index in [9.17, 15) is 0 Å². The van der Waals surface area contributed by atoms with E-state index in [0.717, 1.165) is 23.2 Å². The molecule has 2 nitrogen and oxygen atoms in total. The Labute approximate surface area is 134 Å². The number of rotatable bonds is 4. The summed E-state index contributed by atoms with van der Waals surface area (Å²) in [5.74, 6) is 1.04. The molecule has 3 heteroatoms. The van der Waals surface area contributed by atoms with Gasteiger partial charge < -0.3 is 10.1 Å². The molecule has 0 aliphatic carbocycles. The highest BCUT2D eigenvalue weighted by Crippen LogP contribution is 2.29. The highest BCUT2D eigenvalue weighted by molar-refractivity contribution is 9.10. The fourth-order valence-corrected chi connectivity index (χ4v) is 3.18. The second kappa shape index (κ2) is 6.20. The predicted octanol–water partition coefficient (Wildman–Crippen LogP) is 4.41. The summed E-state index contributed by atoms with van der Waals surface area (Å²) in [6.45, 7) is 5.18. The molecule has 2 atom stereocenters. The van der Waals surface area contributed by atoms with E-state index in [-0.39, 0.29) is 6.10 Å². The van der Waals surface area contributed by atoms with Crippen LogP contribution in [-0.4, -0.2) is 12.6 Å². The molecule has 2 aromatic rings. The molecule has 110 valence electrons. The lowest BCUT2D eigenvalue weighted by atomic mass is 10.1. The lowest BCUT2D eigenvalue weighted by Crippen LogP contribution is -2.31. The van der Waals surface area contributed by atoms with Crippen LogP contribution in [0.3, 0.4) is 0 Å². The summed E-state index contributed by atoms with van der Waals surface area (Å²) >= 11 is 3.52. The van der Waals surface area contributed by atoms with Crippen molar-refractivity contribution in [2.45, 2.75) is 32.4 Å². The van der Waals surface area contributed by atoms with E-state index in [4.69, 9.17) is 4.74 Å². The zero-order valence-corrected chi connectivity index (χ0v) is 14.0. The minimum atomic E-state index is 0.233. The van der Waals surface area contributed by atoms with Gasteiger partial charge >= 0.3 is 0 Å². The van der Waals surface area contributed by atoms with Crippen molar-refractivity contribution in [2.24, 2.45) is 0 Å². The van der Waals surface area contributed by atoms with Gasteiger partial charge in [0.1, 0.15) is 11.9 Å². The van der Waals surface area contributed by atoms with E-state index in [1.807, 2.05) is 0 Å². The maximum Gasteiger partial charge on any atom is 0.123 e. The van der Waals surface area contributed by atoms with Crippen LogP contribution in [0.15, 0.2) is 46.9 Å². The molecule has 0 radical (unpaired) electrons. The standard InChI is InChI=1S/C18H20BrNO/c1-12-6-7-18-15(8-12)10-17(21-18)11-20-13(2)14-4-3-5-16(19)9-14/h3-9,13,17,20H,10-11H2,1-2H3/t13-,17?/m0/s1. The van der Waals surface area contributed by atoms with Crippen LogP contribution >= 0.6 is 15.9 Å². The largest absolute Gasteiger partial charge is 0.488 e. The number of halogens is 1. The van der Waals surface area contributed by atoms with Crippen LogP contribution in [0.2, 0.25) is 0 Å². The zero-order chi connectivity index (χ0) is 14.8. The Morgan fingerprint density at radius 2 is 2.14 bits per heavy atom. The molecule has 0 fully saturated rings. The van der Waals surface area contributed by atoms with Gasteiger partial charge in [-0.25, -0.2) is 0 Å². The van der Waals surface area contributed by atoms with Crippen LogP contribution in [0.1, 0.15) is 29.7 Å². The molecule has 1 unspecified atom stereocenters. The van der Waals surface area contributed by atoms with Crippen molar-refractivity contribution in [2.75, 3.05) is 6.54 Å². The van der Waals surface area contributed by atoms with Crippen LogP contribution in [0, 0.1) is 6.92 Å². The lowest BCUT2D eigenvalue weighted by Gasteiger charge is -2.18. The van der Waals surface area contributed by atoms with Crippen molar-refractivity contribution in [3.8, 4) is 5.75 Å². The first-order chi connectivity index (χ1) is 10.1. The Morgan fingerprint density at radius 1 is 1.29 bits per heavy atom. The summed E-state index contributed by atoms with van der Waals surface area (Å²) in [5, 5.41) is 3.57. The van der Waals surface area contributed by atoms with Gasteiger partial charge in [-0.2, -0.15) is 0 Å². The second-order valence-electron chi connectivity index (χ2n) is 5.74. The van der Waals surface area contributed by atoms with Crippen molar-refractivity contribution < 1.29 is 4.74 Å². The van der Waals surface area contributed by atoms with Gasteiger partial charge in [-0.15, -0.1) is 0 Å². The van der Waals surface area contributed by atoms with Gasteiger partial charge in [-0.05, 0) is 43.2 Å². The monoisotopic (exact) mass is 345 g/mol. The third-order valence-corrected chi connectivity index (χ3v) is 4.45. The van der Waals surface area contributed by atoms with Gasteiger partial charge in [0.05, 0.1) is 0 Å². The van der Waals surface area contributed by atoms with E-state index in [1.54, 1.807) is 0 Å². The summed E-state index contributed by atoms with van der Waals surface area (Å²) < 4.78 is 7.12. The number of hydrogen-bond acceptors (Lipinski definition) is 2.